The molecule has 1 aromatic carbocycles. The first kappa shape index (κ1) is 13.0. The number of fused-ring (bicyclic) bond motifs is 3. The molecule has 1 aliphatic rings. The van der Waals surface area contributed by atoms with Gasteiger partial charge >= 0.3 is 0 Å². The van der Waals surface area contributed by atoms with Crippen LogP contribution < -0.4 is 0 Å². The zero-order valence-corrected chi connectivity index (χ0v) is 11.8. The molecule has 0 saturated carbocycles. The van der Waals surface area contributed by atoms with E-state index in [1.807, 2.05) is 12.1 Å². The van der Waals surface area contributed by atoms with Crippen LogP contribution in [0.25, 0.3) is 10.9 Å². The van der Waals surface area contributed by atoms with Gasteiger partial charge in [-0.1, -0.05) is 17.7 Å². The van der Waals surface area contributed by atoms with Gasteiger partial charge in [-0.05, 0) is 31.0 Å². The van der Waals surface area contributed by atoms with Crippen molar-refractivity contribution in [2.24, 2.45) is 0 Å². The van der Waals surface area contributed by atoms with Gasteiger partial charge in [-0.3, -0.25) is 0 Å². The summed E-state index contributed by atoms with van der Waals surface area (Å²) in [5.74, 6) is 0. The predicted octanol–water partition coefficient (Wildman–Crippen LogP) is 3.31. The van der Waals surface area contributed by atoms with E-state index in [1.54, 1.807) is 0 Å². The van der Waals surface area contributed by atoms with E-state index < -0.39 is 0 Å². The summed E-state index contributed by atoms with van der Waals surface area (Å²) >= 11 is 6.39. The summed E-state index contributed by atoms with van der Waals surface area (Å²) in [4.78, 5) is 0. The maximum Gasteiger partial charge on any atom is 0.0999 e. The fraction of sp³-hybridized carbons (Fsp3) is 0.467. The van der Waals surface area contributed by atoms with Crippen LogP contribution >= 0.6 is 11.6 Å². The van der Waals surface area contributed by atoms with Crippen molar-refractivity contribution in [2.45, 2.75) is 32.4 Å². The molecule has 0 radical (unpaired) electrons. The smallest absolute Gasteiger partial charge is 0.0999 e. The van der Waals surface area contributed by atoms with Crippen LogP contribution in [0, 0.1) is 0 Å². The monoisotopic (exact) mass is 279 g/mol. The molecule has 0 saturated heterocycles. The van der Waals surface area contributed by atoms with E-state index in [0.717, 1.165) is 23.4 Å². The number of aromatic nitrogens is 1. The first-order chi connectivity index (χ1) is 9.27. The van der Waals surface area contributed by atoms with Crippen molar-refractivity contribution >= 4 is 22.5 Å². The standard InChI is InChI=1S/C15H18ClNO2/c1-2-17-12-5-3-4-11(16)14(12)10-7-9-19-13(6-8-18)15(10)17/h3-5,13,18H,2,6-9H2,1H3. The van der Waals surface area contributed by atoms with E-state index in [2.05, 4.69) is 17.6 Å². The number of nitrogens with zero attached hydrogens (tertiary/aromatic N) is 1. The normalized spacial score (nSPS) is 18.8. The quantitative estimate of drug-likeness (QED) is 0.935. The summed E-state index contributed by atoms with van der Waals surface area (Å²) in [5, 5.41) is 11.2. The minimum atomic E-state index is -0.0165. The Bertz CT molecular complexity index is 606. The third-order valence-electron chi connectivity index (χ3n) is 3.87. The van der Waals surface area contributed by atoms with E-state index in [1.165, 1.54) is 16.8 Å². The maximum absolute atomic E-state index is 9.22. The largest absolute Gasteiger partial charge is 0.396 e. The lowest BCUT2D eigenvalue weighted by Gasteiger charge is -2.25. The van der Waals surface area contributed by atoms with Crippen LogP contribution in [0.5, 0.6) is 0 Å². The molecule has 3 nitrogen and oxygen atoms in total. The predicted molar refractivity (Wildman–Crippen MR) is 76.7 cm³/mol. The molecule has 4 heteroatoms. The highest BCUT2D eigenvalue weighted by molar-refractivity contribution is 6.35. The Hall–Kier alpha value is -1.03. The van der Waals surface area contributed by atoms with E-state index in [9.17, 15) is 5.11 Å². The van der Waals surface area contributed by atoms with Crippen molar-refractivity contribution in [3.8, 4) is 0 Å². The Morgan fingerprint density at radius 2 is 2.32 bits per heavy atom. The Kier molecular flexibility index (Phi) is 3.52. The highest BCUT2D eigenvalue weighted by Gasteiger charge is 2.28. The number of ether oxygens (including phenoxy) is 1. The molecular formula is C15H18ClNO2. The second-order valence-corrected chi connectivity index (χ2v) is 5.27. The number of hydrogen-bond donors (Lipinski definition) is 1. The van der Waals surface area contributed by atoms with Crippen LogP contribution in [-0.2, 0) is 17.7 Å². The minimum Gasteiger partial charge on any atom is -0.396 e. The van der Waals surface area contributed by atoms with Crippen molar-refractivity contribution in [3.05, 3.63) is 34.5 Å². The Labute approximate surface area is 117 Å². The molecule has 0 spiro atoms. The molecule has 0 bridgehead atoms. The fourth-order valence-corrected chi connectivity index (χ4v) is 3.42. The van der Waals surface area contributed by atoms with Crippen molar-refractivity contribution in [1.29, 1.82) is 0 Å². The van der Waals surface area contributed by atoms with Gasteiger partial charge in [-0.15, -0.1) is 0 Å². The molecule has 0 amide bonds. The molecule has 2 heterocycles. The van der Waals surface area contributed by atoms with E-state index in [-0.39, 0.29) is 12.7 Å². The van der Waals surface area contributed by atoms with Crippen LogP contribution in [0.4, 0.5) is 0 Å². The average molecular weight is 280 g/mol. The van der Waals surface area contributed by atoms with Crippen molar-refractivity contribution < 1.29 is 9.84 Å². The fourth-order valence-electron chi connectivity index (χ4n) is 3.14. The molecule has 1 unspecified atom stereocenters. The molecule has 1 aliphatic heterocycles. The summed E-state index contributed by atoms with van der Waals surface area (Å²) in [6.45, 7) is 3.86. The molecule has 102 valence electrons. The molecule has 1 aromatic heterocycles. The molecule has 0 aliphatic carbocycles. The maximum atomic E-state index is 9.22. The first-order valence-electron chi connectivity index (χ1n) is 6.79. The van der Waals surface area contributed by atoms with E-state index in [4.69, 9.17) is 16.3 Å². The summed E-state index contributed by atoms with van der Waals surface area (Å²) in [5.41, 5.74) is 3.67. The second kappa shape index (κ2) is 5.16. The van der Waals surface area contributed by atoms with Crippen molar-refractivity contribution in [2.75, 3.05) is 13.2 Å². The van der Waals surface area contributed by atoms with E-state index in [0.29, 0.717) is 13.0 Å². The van der Waals surface area contributed by atoms with Gasteiger partial charge < -0.3 is 14.4 Å². The number of halogens is 1. The van der Waals surface area contributed by atoms with Crippen LogP contribution in [-0.4, -0.2) is 22.9 Å². The second-order valence-electron chi connectivity index (χ2n) is 4.86. The molecule has 1 atom stereocenters. The SMILES string of the molecule is CCn1c2c(c3c(Cl)cccc31)CCOC2CCO. The average Bonchev–Trinajstić information content (AvgIpc) is 2.75. The highest BCUT2D eigenvalue weighted by Crippen LogP contribution is 2.39. The first-order valence-corrected chi connectivity index (χ1v) is 7.17. The molecule has 2 aromatic rings. The third kappa shape index (κ3) is 1.97. The zero-order chi connectivity index (χ0) is 13.4. The number of aliphatic hydroxyl groups is 1. The summed E-state index contributed by atoms with van der Waals surface area (Å²) in [7, 11) is 0. The van der Waals surface area contributed by atoms with Gasteiger partial charge in [-0.2, -0.15) is 0 Å². The topological polar surface area (TPSA) is 34.4 Å². The molecule has 19 heavy (non-hydrogen) atoms. The third-order valence-corrected chi connectivity index (χ3v) is 4.18. The van der Waals surface area contributed by atoms with Gasteiger partial charge in [0.1, 0.15) is 0 Å². The lowest BCUT2D eigenvalue weighted by atomic mass is 10.0. The van der Waals surface area contributed by atoms with Gasteiger partial charge in [0, 0.05) is 25.0 Å². The lowest BCUT2D eigenvalue weighted by Crippen LogP contribution is -2.20. The van der Waals surface area contributed by atoms with Crippen LogP contribution in [0.2, 0.25) is 5.02 Å². The van der Waals surface area contributed by atoms with Gasteiger partial charge in [0.05, 0.1) is 28.9 Å². The molecule has 0 fully saturated rings. The van der Waals surface area contributed by atoms with Gasteiger partial charge in [0.25, 0.3) is 0 Å². The Morgan fingerprint density at radius 1 is 1.47 bits per heavy atom. The van der Waals surface area contributed by atoms with Gasteiger partial charge in [0.15, 0.2) is 0 Å². The molecular weight excluding hydrogens is 262 g/mol. The number of benzene rings is 1. The minimum absolute atomic E-state index is 0.0165. The zero-order valence-electron chi connectivity index (χ0n) is 11.0. The van der Waals surface area contributed by atoms with Gasteiger partial charge in [0.2, 0.25) is 0 Å². The van der Waals surface area contributed by atoms with Crippen molar-refractivity contribution in [3.63, 3.8) is 0 Å². The van der Waals surface area contributed by atoms with Crippen LogP contribution in [0.3, 0.4) is 0 Å². The molecule has 3 rings (SSSR count). The van der Waals surface area contributed by atoms with E-state index >= 15 is 0 Å². The van der Waals surface area contributed by atoms with Crippen LogP contribution in [0.1, 0.15) is 30.7 Å². The number of aryl methyl sites for hydroxylation is 1. The Morgan fingerprint density at radius 3 is 3.05 bits per heavy atom. The lowest BCUT2D eigenvalue weighted by molar-refractivity contribution is 0.0206. The number of hydrogen-bond acceptors (Lipinski definition) is 2. The van der Waals surface area contributed by atoms with Crippen molar-refractivity contribution in [1.82, 2.24) is 4.57 Å². The van der Waals surface area contributed by atoms with Crippen LogP contribution in [0.15, 0.2) is 18.2 Å². The number of rotatable bonds is 3. The Balaban J connectivity index is 2.29. The summed E-state index contributed by atoms with van der Waals surface area (Å²) in [6, 6.07) is 6.05. The summed E-state index contributed by atoms with van der Waals surface area (Å²) in [6.07, 6.45) is 1.52. The number of aliphatic hydroxyl groups excluding tert-OH is 1. The van der Waals surface area contributed by atoms with Gasteiger partial charge in [-0.25, -0.2) is 0 Å². The highest BCUT2D eigenvalue weighted by atomic mass is 35.5. The summed E-state index contributed by atoms with van der Waals surface area (Å²) < 4.78 is 8.11. The molecule has 1 N–H and O–H groups in total.